The van der Waals surface area contributed by atoms with E-state index in [4.69, 9.17) is 0 Å². The van der Waals surface area contributed by atoms with Crippen molar-refractivity contribution in [1.82, 2.24) is 2.89 Å². The average Bonchev–Trinajstić information content (AvgIpc) is 2.03. The maximum atomic E-state index is 2.40. The third kappa shape index (κ3) is 3.82. The van der Waals surface area contributed by atoms with E-state index in [1.165, 1.54) is 9.74 Å². The summed E-state index contributed by atoms with van der Waals surface area (Å²) in [4.78, 5) is 0. The molecule has 0 radical (unpaired) electrons. The van der Waals surface area contributed by atoms with Gasteiger partial charge in [-0.15, -0.1) is 0 Å². The molecule has 0 amide bonds. The van der Waals surface area contributed by atoms with Crippen molar-refractivity contribution in [3.63, 3.8) is 0 Å². The number of hydrogen-bond donors (Lipinski definition) is 0. The van der Waals surface area contributed by atoms with Gasteiger partial charge in [0.1, 0.15) is 0 Å². The second kappa shape index (κ2) is 4.83. The molecule has 0 fully saturated rings. The van der Waals surface area contributed by atoms with Gasteiger partial charge in [-0.05, 0) is 0 Å². The van der Waals surface area contributed by atoms with E-state index in [1.807, 2.05) is 0 Å². The summed E-state index contributed by atoms with van der Waals surface area (Å²) in [7, 11) is 4.37. The Morgan fingerprint density at radius 1 is 1.18 bits per heavy atom. The van der Waals surface area contributed by atoms with Crippen molar-refractivity contribution in [3.8, 4) is 0 Å². The number of rotatable bonds is 3. The van der Waals surface area contributed by atoms with E-state index in [0.29, 0.717) is 0 Å². The Balaban J connectivity index is 2.39. The zero-order chi connectivity index (χ0) is 8.10. The normalized spacial score (nSPS) is 10.1. The molecule has 0 unspecified atom stereocenters. The summed E-state index contributed by atoms with van der Waals surface area (Å²) < 4.78 is 3.74. The summed E-state index contributed by atoms with van der Waals surface area (Å²) in [5, 5.41) is 0. The topological polar surface area (TPSA) is 3.24 Å². The molecule has 0 atom stereocenters. The first-order valence-corrected chi connectivity index (χ1v) is 7.88. The molecule has 0 saturated heterocycles. The van der Waals surface area contributed by atoms with Crippen LogP contribution in [0.15, 0.2) is 30.3 Å². The molecule has 0 aliphatic carbocycles. The third-order valence-electron chi connectivity index (χ3n) is 1.44. The van der Waals surface area contributed by atoms with E-state index >= 15 is 0 Å². The fourth-order valence-electron chi connectivity index (χ4n) is 0.845. The quantitative estimate of drug-likeness (QED) is 0.769. The van der Waals surface area contributed by atoms with Gasteiger partial charge in [0.2, 0.25) is 0 Å². The van der Waals surface area contributed by atoms with Gasteiger partial charge in [-0.1, -0.05) is 0 Å². The zero-order valence-electron chi connectivity index (χ0n) is 7.04. The van der Waals surface area contributed by atoms with Gasteiger partial charge in [0.15, 0.2) is 0 Å². The molecule has 0 aliphatic heterocycles. The Morgan fingerprint density at radius 2 is 1.82 bits per heavy atom. The van der Waals surface area contributed by atoms with E-state index in [9.17, 15) is 0 Å². The molecule has 0 bridgehead atoms. The molecule has 0 aliphatic rings. The molecule has 0 heterocycles. The number of nitrogens with zero attached hydrogens (tertiary/aromatic N) is 1. The molecule has 0 aromatic heterocycles. The Bertz CT molecular complexity index is 196. The number of hydrogen-bond acceptors (Lipinski definition) is 1. The summed E-state index contributed by atoms with van der Waals surface area (Å²) in [5.41, 5.74) is 1.50. The monoisotopic (exact) mass is 315 g/mol. The van der Waals surface area contributed by atoms with Gasteiger partial charge < -0.3 is 0 Å². The molecule has 1 rings (SSSR count). The first kappa shape index (κ1) is 9.14. The van der Waals surface area contributed by atoms with Crippen LogP contribution in [0.4, 0.5) is 0 Å². The zero-order valence-corrected chi connectivity index (χ0v) is 10.6. The molecule has 0 saturated carbocycles. The Hall–Kier alpha value is 0.0501. The molecule has 58 valence electrons. The second-order valence-corrected chi connectivity index (χ2v) is 8.33. The van der Waals surface area contributed by atoms with Gasteiger partial charge in [-0.2, -0.15) is 0 Å². The summed E-state index contributed by atoms with van der Waals surface area (Å²) in [6.07, 6.45) is 0. The van der Waals surface area contributed by atoms with Crippen LogP contribution in [-0.2, 0) is 27.4 Å². The fraction of sp³-hybridized carbons (Fsp3) is 0.333. The summed E-state index contributed by atoms with van der Waals surface area (Å²) in [6, 6.07) is 10.8. The van der Waals surface area contributed by atoms with Crippen LogP contribution in [0.2, 0.25) is 0 Å². The average molecular weight is 314 g/mol. The predicted molar refractivity (Wildman–Crippen MR) is 43.8 cm³/mol. The van der Waals surface area contributed by atoms with Crippen LogP contribution in [-0.4, -0.2) is 17.0 Å². The van der Waals surface area contributed by atoms with Crippen LogP contribution in [0.3, 0.4) is 0 Å². The van der Waals surface area contributed by atoms with Gasteiger partial charge in [-0.25, -0.2) is 0 Å². The minimum absolute atomic E-state index is 0.478. The van der Waals surface area contributed by atoms with Crippen LogP contribution < -0.4 is 0 Å². The minimum atomic E-state index is -0.478. The summed E-state index contributed by atoms with van der Waals surface area (Å²) in [6.45, 7) is 0. The van der Waals surface area contributed by atoms with Crippen molar-refractivity contribution in [3.05, 3.63) is 35.9 Å². The van der Waals surface area contributed by atoms with Crippen molar-refractivity contribution < 1.29 is 23.2 Å². The molecular weight excluding hydrogens is 301 g/mol. The van der Waals surface area contributed by atoms with Crippen LogP contribution in [0.25, 0.3) is 0 Å². The summed E-state index contributed by atoms with van der Waals surface area (Å²) >= 11 is -0.478. The van der Waals surface area contributed by atoms with Gasteiger partial charge in [0.25, 0.3) is 0 Å². The van der Waals surface area contributed by atoms with Crippen molar-refractivity contribution >= 4 is 0 Å². The third-order valence-corrected chi connectivity index (χ3v) is 5.75. The Labute approximate surface area is 80.2 Å². The Kier molecular flexibility index (Phi) is 4.02. The van der Waals surface area contributed by atoms with E-state index in [1.54, 1.807) is 0 Å². The number of benzene rings is 1. The predicted octanol–water partition coefficient (Wildman–Crippen LogP) is 1.75. The molecular formula is C9H13HfN. The first-order chi connectivity index (χ1) is 5.29. The second-order valence-electron chi connectivity index (χ2n) is 2.71. The molecule has 0 N–H and O–H groups in total. The van der Waals surface area contributed by atoms with Gasteiger partial charge in [0, 0.05) is 0 Å². The maximum absolute atomic E-state index is 2.40. The van der Waals surface area contributed by atoms with Gasteiger partial charge in [-0.3, -0.25) is 0 Å². The Morgan fingerprint density at radius 3 is 2.36 bits per heavy atom. The van der Waals surface area contributed by atoms with Crippen molar-refractivity contribution in [2.45, 2.75) is 4.18 Å². The SMILES string of the molecule is C[N](C)[Hf][CH2]c1ccccc1. The molecule has 1 aromatic carbocycles. The summed E-state index contributed by atoms with van der Waals surface area (Å²) in [5.74, 6) is 0. The van der Waals surface area contributed by atoms with Crippen molar-refractivity contribution in [1.29, 1.82) is 0 Å². The van der Waals surface area contributed by atoms with E-state index < -0.39 is 23.2 Å². The molecule has 11 heavy (non-hydrogen) atoms. The molecule has 0 spiro atoms. The van der Waals surface area contributed by atoms with E-state index in [2.05, 4.69) is 47.3 Å². The first-order valence-electron chi connectivity index (χ1n) is 3.74. The van der Waals surface area contributed by atoms with E-state index in [-0.39, 0.29) is 0 Å². The van der Waals surface area contributed by atoms with E-state index in [0.717, 1.165) is 0 Å². The van der Waals surface area contributed by atoms with Gasteiger partial charge in [0.05, 0.1) is 0 Å². The van der Waals surface area contributed by atoms with Crippen LogP contribution in [0.1, 0.15) is 5.56 Å². The molecule has 1 nitrogen and oxygen atoms in total. The molecule has 1 aromatic rings. The van der Waals surface area contributed by atoms with Crippen molar-refractivity contribution in [2.75, 3.05) is 14.1 Å². The fourth-order valence-corrected chi connectivity index (χ4v) is 3.48. The van der Waals surface area contributed by atoms with Gasteiger partial charge >= 0.3 is 80.2 Å². The standard InChI is InChI=1S/C7H7.C2H6N.Hf/c1-7-5-3-2-4-6-7;1-3-2;/h2-6H,1H2;1-2H3;/q;-1;+1. The van der Waals surface area contributed by atoms with Crippen LogP contribution in [0.5, 0.6) is 0 Å². The van der Waals surface area contributed by atoms with Crippen molar-refractivity contribution in [2.24, 2.45) is 0 Å². The van der Waals surface area contributed by atoms with Crippen LogP contribution in [0, 0.1) is 0 Å². The molecule has 2 heteroatoms. The van der Waals surface area contributed by atoms with Crippen LogP contribution >= 0.6 is 0 Å².